The zero-order chi connectivity index (χ0) is 21.6. The van der Waals surface area contributed by atoms with Crippen molar-refractivity contribution in [2.75, 3.05) is 32.9 Å². The first-order valence-electron chi connectivity index (χ1n) is 9.69. The van der Waals surface area contributed by atoms with Crippen LogP contribution in [0.15, 0.2) is 50.9 Å². The molecule has 1 aromatic heterocycles. The van der Waals surface area contributed by atoms with Gasteiger partial charge in [0.25, 0.3) is 0 Å². The Morgan fingerprint density at radius 3 is 2.37 bits per heavy atom. The fourth-order valence-corrected chi connectivity index (χ4v) is 6.91. The zero-order valence-corrected chi connectivity index (χ0v) is 19.1. The molecule has 2 heterocycles. The Hall–Kier alpha value is -1.50. The highest BCUT2D eigenvalue weighted by atomic mass is 32.2. The third-order valence-electron chi connectivity index (χ3n) is 4.70. The molecule has 1 saturated heterocycles. The fourth-order valence-electron chi connectivity index (χ4n) is 3.13. The third kappa shape index (κ3) is 5.80. The van der Waals surface area contributed by atoms with Crippen LogP contribution in [0.25, 0.3) is 0 Å². The first-order valence-corrected chi connectivity index (χ1v) is 13.5. The lowest BCUT2D eigenvalue weighted by molar-refractivity contribution is 0.110. The number of nitrogens with one attached hydrogen (secondary N) is 1. The van der Waals surface area contributed by atoms with Crippen molar-refractivity contribution in [1.82, 2.24) is 9.03 Å². The van der Waals surface area contributed by atoms with Crippen LogP contribution in [0.1, 0.15) is 19.8 Å². The zero-order valence-electron chi connectivity index (χ0n) is 16.7. The van der Waals surface area contributed by atoms with Gasteiger partial charge in [-0.25, -0.2) is 21.6 Å². The van der Waals surface area contributed by atoms with Gasteiger partial charge < -0.3 is 9.47 Å². The van der Waals surface area contributed by atoms with Gasteiger partial charge in [0.05, 0.1) is 11.5 Å². The average molecular weight is 475 g/mol. The molecule has 0 radical (unpaired) electrons. The minimum atomic E-state index is -3.64. The standard InChI is InChI=1S/C19H26N2O6S3/c1-2-26-13-14-27-17-5-7-18(8-6-17)30(24,25)21-11-9-16(10-12-21)20-29(22,23)19-4-3-15-28-19/h3-8,15-16,20H,2,9-14H2,1H3. The van der Waals surface area contributed by atoms with Crippen LogP contribution in [0.5, 0.6) is 5.75 Å². The number of ether oxygens (including phenoxy) is 2. The fraction of sp³-hybridized carbons (Fsp3) is 0.474. The van der Waals surface area contributed by atoms with Crippen LogP contribution in [0.4, 0.5) is 0 Å². The maximum atomic E-state index is 12.9. The Morgan fingerprint density at radius 2 is 1.77 bits per heavy atom. The quantitative estimate of drug-likeness (QED) is 0.530. The molecule has 166 valence electrons. The Kier molecular flexibility index (Phi) is 7.88. The summed E-state index contributed by atoms with van der Waals surface area (Å²) in [4.78, 5) is 0.192. The van der Waals surface area contributed by atoms with Crippen LogP contribution in [0, 0.1) is 0 Å². The van der Waals surface area contributed by atoms with Crippen molar-refractivity contribution in [1.29, 1.82) is 0 Å². The summed E-state index contributed by atoms with van der Waals surface area (Å²) in [5.41, 5.74) is 0. The molecule has 1 aliphatic heterocycles. The van der Waals surface area contributed by atoms with Gasteiger partial charge in [0.15, 0.2) is 0 Å². The summed E-state index contributed by atoms with van der Waals surface area (Å²) in [6, 6.07) is 9.25. The van der Waals surface area contributed by atoms with Gasteiger partial charge in [-0.05, 0) is 55.5 Å². The molecule has 0 unspecified atom stereocenters. The van der Waals surface area contributed by atoms with Crippen LogP contribution in [0.3, 0.4) is 0 Å². The third-order valence-corrected chi connectivity index (χ3v) is 9.53. The lowest BCUT2D eigenvalue weighted by Crippen LogP contribution is -2.46. The van der Waals surface area contributed by atoms with E-state index in [1.165, 1.54) is 16.4 Å². The van der Waals surface area contributed by atoms with Crippen molar-refractivity contribution in [2.24, 2.45) is 0 Å². The molecule has 3 rings (SSSR count). The second-order valence-electron chi connectivity index (χ2n) is 6.75. The first-order chi connectivity index (χ1) is 14.3. The van der Waals surface area contributed by atoms with Crippen LogP contribution in [-0.2, 0) is 24.8 Å². The van der Waals surface area contributed by atoms with Gasteiger partial charge in [-0.1, -0.05) is 6.07 Å². The molecule has 0 bridgehead atoms. The highest BCUT2D eigenvalue weighted by molar-refractivity contribution is 7.91. The number of hydrogen-bond donors (Lipinski definition) is 1. The highest BCUT2D eigenvalue weighted by Gasteiger charge is 2.31. The largest absolute Gasteiger partial charge is 0.491 e. The van der Waals surface area contributed by atoms with Gasteiger partial charge in [-0.2, -0.15) is 4.31 Å². The predicted octanol–water partition coefficient (Wildman–Crippen LogP) is 2.30. The SMILES string of the molecule is CCOCCOc1ccc(S(=O)(=O)N2CCC(NS(=O)(=O)c3cccs3)CC2)cc1. The van der Waals surface area contributed by atoms with E-state index in [0.717, 1.165) is 11.3 Å². The second-order valence-corrected chi connectivity index (χ2v) is 11.6. The van der Waals surface area contributed by atoms with Crippen LogP contribution in [-0.4, -0.2) is 60.1 Å². The molecule has 1 aromatic carbocycles. The molecule has 11 heteroatoms. The van der Waals surface area contributed by atoms with Gasteiger partial charge in [0.2, 0.25) is 20.0 Å². The molecule has 0 atom stereocenters. The van der Waals surface area contributed by atoms with Gasteiger partial charge in [-0.15, -0.1) is 11.3 Å². The number of sulfonamides is 2. The number of nitrogens with zero attached hydrogens (tertiary/aromatic N) is 1. The minimum Gasteiger partial charge on any atom is -0.491 e. The number of hydrogen-bond acceptors (Lipinski definition) is 7. The smallest absolute Gasteiger partial charge is 0.250 e. The molecule has 0 amide bonds. The molecule has 1 fully saturated rings. The maximum absolute atomic E-state index is 12.9. The molecule has 1 N–H and O–H groups in total. The van der Waals surface area contributed by atoms with E-state index in [1.54, 1.807) is 29.6 Å². The summed E-state index contributed by atoms with van der Waals surface area (Å²) in [5.74, 6) is 0.579. The molecule has 8 nitrogen and oxygen atoms in total. The number of thiophene rings is 1. The molecule has 30 heavy (non-hydrogen) atoms. The Labute approximate surface area is 181 Å². The van der Waals surface area contributed by atoms with Crippen molar-refractivity contribution < 1.29 is 26.3 Å². The van der Waals surface area contributed by atoms with Crippen molar-refractivity contribution in [2.45, 2.75) is 34.9 Å². The van der Waals surface area contributed by atoms with E-state index in [9.17, 15) is 16.8 Å². The molecule has 0 spiro atoms. The average Bonchev–Trinajstić information content (AvgIpc) is 3.28. The number of rotatable bonds is 10. The Bertz CT molecular complexity index is 997. The van der Waals surface area contributed by atoms with Crippen molar-refractivity contribution >= 4 is 31.4 Å². The maximum Gasteiger partial charge on any atom is 0.250 e. The first kappa shape index (κ1) is 23.2. The van der Waals surface area contributed by atoms with E-state index >= 15 is 0 Å². The van der Waals surface area contributed by atoms with E-state index in [4.69, 9.17) is 9.47 Å². The summed E-state index contributed by atoms with van der Waals surface area (Å²) in [5, 5.41) is 1.71. The summed E-state index contributed by atoms with van der Waals surface area (Å²) in [6.45, 7) is 3.91. The van der Waals surface area contributed by atoms with Crippen LogP contribution in [0.2, 0.25) is 0 Å². The predicted molar refractivity (Wildman–Crippen MR) is 115 cm³/mol. The lowest BCUT2D eigenvalue weighted by Gasteiger charge is -2.31. The van der Waals surface area contributed by atoms with Crippen molar-refractivity contribution in [3.63, 3.8) is 0 Å². The normalized spacial score (nSPS) is 16.6. The molecular formula is C19H26N2O6S3. The van der Waals surface area contributed by atoms with E-state index in [0.29, 0.717) is 38.4 Å². The molecule has 2 aromatic rings. The Morgan fingerprint density at radius 1 is 1.07 bits per heavy atom. The van der Waals surface area contributed by atoms with E-state index in [1.807, 2.05) is 6.92 Å². The summed E-state index contributed by atoms with van der Waals surface area (Å²) >= 11 is 1.15. The van der Waals surface area contributed by atoms with Crippen LogP contribution >= 0.6 is 11.3 Å². The van der Waals surface area contributed by atoms with Gasteiger partial charge >= 0.3 is 0 Å². The van der Waals surface area contributed by atoms with Crippen LogP contribution < -0.4 is 9.46 Å². The van der Waals surface area contributed by atoms with E-state index < -0.39 is 20.0 Å². The monoisotopic (exact) mass is 474 g/mol. The van der Waals surface area contributed by atoms with Crippen molar-refractivity contribution in [3.05, 3.63) is 41.8 Å². The number of piperidine rings is 1. The highest BCUT2D eigenvalue weighted by Crippen LogP contribution is 2.24. The summed E-state index contributed by atoms with van der Waals surface area (Å²) in [7, 11) is -7.20. The van der Waals surface area contributed by atoms with E-state index in [-0.39, 0.29) is 28.2 Å². The van der Waals surface area contributed by atoms with Gasteiger partial charge in [-0.3, -0.25) is 0 Å². The number of benzene rings is 1. The molecule has 1 aliphatic rings. The minimum absolute atomic E-state index is 0.192. The van der Waals surface area contributed by atoms with Gasteiger partial charge in [0, 0.05) is 25.7 Å². The summed E-state index contributed by atoms with van der Waals surface area (Å²) in [6.07, 6.45) is 0.838. The molecule has 0 aliphatic carbocycles. The van der Waals surface area contributed by atoms with Crippen molar-refractivity contribution in [3.8, 4) is 5.75 Å². The van der Waals surface area contributed by atoms with E-state index in [2.05, 4.69) is 4.72 Å². The Balaban J connectivity index is 1.55. The topological polar surface area (TPSA) is 102 Å². The molecular weight excluding hydrogens is 448 g/mol. The second kappa shape index (κ2) is 10.2. The summed E-state index contributed by atoms with van der Waals surface area (Å²) < 4.78 is 65.6. The lowest BCUT2D eigenvalue weighted by atomic mass is 10.1. The van der Waals surface area contributed by atoms with Gasteiger partial charge in [0.1, 0.15) is 16.6 Å². The molecule has 0 saturated carbocycles.